The number of nitrogens with zero attached hydrogens (tertiary/aromatic N) is 1. The third kappa shape index (κ3) is 2.32. The van der Waals surface area contributed by atoms with Gasteiger partial charge in [0.2, 0.25) is 6.79 Å². The van der Waals surface area contributed by atoms with Gasteiger partial charge in [-0.2, -0.15) is 0 Å². The van der Waals surface area contributed by atoms with Gasteiger partial charge in [-0.05, 0) is 42.3 Å². The molecule has 0 saturated heterocycles. The molecule has 2 N–H and O–H groups in total. The van der Waals surface area contributed by atoms with Crippen molar-refractivity contribution >= 4 is 21.8 Å². The summed E-state index contributed by atoms with van der Waals surface area (Å²) in [6.07, 6.45) is 1.78. The van der Waals surface area contributed by atoms with Gasteiger partial charge in [-0.3, -0.25) is 4.98 Å². The summed E-state index contributed by atoms with van der Waals surface area (Å²) < 4.78 is 11.0. The fraction of sp³-hybridized carbons (Fsp3) is 0.227. The minimum absolute atomic E-state index is 0.299. The van der Waals surface area contributed by atoms with Crippen LogP contribution in [-0.2, 0) is 19.4 Å². The second-order valence-corrected chi connectivity index (χ2v) is 7.20. The first kappa shape index (κ1) is 15.1. The standard InChI is InChI=1S/C22H19N3O2/c1-2-4-16-14(3-1)21-15-7-8-23-11-18(15)24-17(22(21)25-16)9-13-5-6-19-20(10-13)27-12-26-19/h1-6,10,23,25H,7-9,11-12H2. The van der Waals surface area contributed by atoms with Crippen molar-refractivity contribution in [1.29, 1.82) is 0 Å². The number of para-hydroxylation sites is 1. The molecule has 2 aromatic carbocycles. The fourth-order valence-corrected chi connectivity index (χ4v) is 4.31. The van der Waals surface area contributed by atoms with Crippen LogP contribution in [-0.4, -0.2) is 23.3 Å². The Morgan fingerprint density at radius 1 is 1.04 bits per heavy atom. The summed E-state index contributed by atoms with van der Waals surface area (Å²) in [7, 11) is 0. The van der Waals surface area contributed by atoms with Crippen LogP contribution in [0.5, 0.6) is 11.5 Å². The van der Waals surface area contributed by atoms with E-state index < -0.39 is 0 Å². The molecule has 2 aromatic heterocycles. The van der Waals surface area contributed by atoms with Crippen molar-refractivity contribution in [2.24, 2.45) is 0 Å². The summed E-state index contributed by atoms with van der Waals surface area (Å²) in [5.41, 5.74) is 7.16. The molecule has 2 aliphatic heterocycles. The lowest BCUT2D eigenvalue weighted by molar-refractivity contribution is 0.174. The lowest BCUT2D eigenvalue weighted by Crippen LogP contribution is -2.25. The third-order valence-electron chi connectivity index (χ3n) is 5.57. The molecule has 0 aliphatic carbocycles. The van der Waals surface area contributed by atoms with E-state index >= 15 is 0 Å². The van der Waals surface area contributed by atoms with E-state index in [0.717, 1.165) is 48.6 Å². The molecule has 4 aromatic rings. The quantitative estimate of drug-likeness (QED) is 0.575. The number of nitrogens with one attached hydrogen (secondary N) is 2. The molecular formula is C22H19N3O2. The largest absolute Gasteiger partial charge is 0.454 e. The van der Waals surface area contributed by atoms with E-state index in [1.165, 1.54) is 33.1 Å². The van der Waals surface area contributed by atoms with Gasteiger partial charge in [0.05, 0.1) is 16.9 Å². The molecule has 6 rings (SSSR count). The number of hydrogen-bond donors (Lipinski definition) is 2. The summed E-state index contributed by atoms with van der Waals surface area (Å²) in [5.74, 6) is 1.64. The number of aromatic nitrogens is 2. The van der Waals surface area contributed by atoms with E-state index in [9.17, 15) is 0 Å². The van der Waals surface area contributed by atoms with Crippen LogP contribution >= 0.6 is 0 Å². The Morgan fingerprint density at radius 3 is 2.96 bits per heavy atom. The predicted octanol–water partition coefficient (Wildman–Crippen LogP) is 3.68. The van der Waals surface area contributed by atoms with E-state index in [0.29, 0.717) is 6.79 Å². The molecule has 0 fully saturated rings. The second-order valence-electron chi connectivity index (χ2n) is 7.20. The first-order chi connectivity index (χ1) is 13.4. The molecule has 0 spiro atoms. The maximum absolute atomic E-state index is 5.54. The zero-order valence-electron chi connectivity index (χ0n) is 14.8. The molecule has 0 unspecified atom stereocenters. The normalized spacial score (nSPS) is 15.4. The number of fused-ring (bicyclic) bond motifs is 6. The first-order valence-electron chi connectivity index (χ1n) is 9.37. The average molecular weight is 357 g/mol. The Bertz CT molecular complexity index is 1200. The lowest BCUT2D eigenvalue weighted by atomic mass is 9.97. The highest BCUT2D eigenvalue weighted by Gasteiger charge is 2.21. The molecule has 0 radical (unpaired) electrons. The number of pyridine rings is 1. The monoisotopic (exact) mass is 357 g/mol. The third-order valence-corrected chi connectivity index (χ3v) is 5.57. The summed E-state index contributed by atoms with van der Waals surface area (Å²) in [5, 5.41) is 6.09. The smallest absolute Gasteiger partial charge is 0.231 e. The minimum atomic E-state index is 0.299. The molecule has 5 nitrogen and oxygen atoms in total. The second kappa shape index (κ2) is 5.72. The number of H-pyrrole nitrogens is 1. The van der Waals surface area contributed by atoms with Crippen LogP contribution in [0.15, 0.2) is 42.5 Å². The van der Waals surface area contributed by atoms with Gasteiger partial charge in [-0.1, -0.05) is 24.3 Å². The zero-order chi connectivity index (χ0) is 17.8. The van der Waals surface area contributed by atoms with Crippen LogP contribution in [0, 0.1) is 0 Å². The van der Waals surface area contributed by atoms with Crippen LogP contribution in [0.3, 0.4) is 0 Å². The van der Waals surface area contributed by atoms with E-state index in [-0.39, 0.29) is 0 Å². The molecule has 5 heteroatoms. The summed E-state index contributed by atoms with van der Waals surface area (Å²) in [4.78, 5) is 8.69. The Balaban J connectivity index is 1.56. The summed E-state index contributed by atoms with van der Waals surface area (Å²) in [6.45, 7) is 2.14. The van der Waals surface area contributed by atoms with Crippen molar-refractivity contribution in [2.45, 2.75) is 19.4 Å². The van der Waals surface area contributed by atoms with Crippen LogP contribution in [0.1, 0.15) is 22.5 Å². The zero-order valence-corrected chi connectivity index (χ0v) is 14.8. The van der Waals surface area contributed by atoms with Gasteiger partial charge in [-0.15, -0.1) is 0 Å². The fourth-order valence-electron chi connectivity index (χ4n) is 4.31. The van der Waals surface area contributed by atoms with Crippen molar-refractivity contribution < 1.29 is 9.47 Å². The van der Waals surface area contributed by atoms with Gasteiger partial charge in [0, 0.05) is 29.3 Å². The van der Waals surface area contributed by atoms with Crippen molar-refractivity contribution in [1.82, 2.24) is 15.3 Å². The summed E-state index contributed by atoms with van der Waals surface area (Å²) >= 11 is 0. The van der Waals surface area contributed by atoms with Crippen molar-refractivity contribution in [3.8, 4) is 11.5 Å². The first-order valence-corrected chi connectivity index (χ1v) is 9.37. The highest BCUT2D eigenvalue weighted by molar-refractivity contribution is 6.10. The Labute approximate surface area is 156 Å². The molecular weight excluding hydrogens is 338 g/mol. The van der Waals surface area contributed by atoms with Gasteiger partial charge < -0.3 is 19.8 Å². The number of ether oxygens (including phenoxy) is 2. The van der Waals surface area contributed by atoms with E-state index in [1.807, 2.05) is 6.07 Å². The highest BCUT2D eigenvalue weighted by Crippen LogP contribution is 2.36. The Kier molecular flexibility index (Phi) is 3.19. The minimum Gasteiger partial charge on any atom is -0.454 e. The molecule has 2 aliphatic rings. The van der Waals surface area contributed by atoms with E-state index in [1.54, 1.807) is 0 Å². The van der Waals surface area contributed by atoms with Gasteiger partial charge in [0.15, 0.2) is 11.5 Å². The van der Waals surface area contributed by atoms with Crippen molar-refractivity contribution in [3.05, 3.63) is 65.0 Å². The molecule has 0 atom stereocenters. The van der Waals surface area contributed by atoms with Crippen LogP contribution in [0.25, 0.3) is 21.8 Å². The average Bonchev–Trinajstić information content (AvgIpc) is 3.32. The van der Waals surface area contributed by atoms with Crippen LogP contribution in [0.4, 0.5) is 0 Å². The number of rotatable bonds is 2. The van der Waals surface area contributed by atoms with Gasteiger partial charge >= 0.3 is 0 Å². The van der Waals surface area contributed by atoms with Crippen LogP contribution < -0.4 is 14.8 Å². The molecule has 27 heavy (non-hydrogen) atoms. The number of hydrogen-bond acceptors (Lipinski definition) is 4. The Morgan fingerprint density at radius 2 is 1.96 bits per heavy atom. The molecule has 0 bridgehead atoms. The summed E-state index contributed by atoms with van der Waals surface area (Å²) in [6, 6.07) is 14.7. The van der Waals surface area contributed by atoms with Gasteiger partial charge in [0.1, 0.15) is 0 Å². The lowest BCUT2D eigenvalue weighted by Gasteiger charge is -2.19. The number of aromatic amines is 1. The SMILES string of the molecule is c1ccc2c(c1)[nH]c1c(Cc3ccc4c(c3)OCO4)nc3c(c12)CCNC3. The van der Waals surface area contributed by atoms with Crippen molar-refractivity contribution in [2.75, 3.05) is 13.3 Å². The van der Waals surface area contributed by atoms with E-state index in [4.69, 9.17) is 14.5 Å². The van der Waals surface area contributed by atoms with Gasteiger partial charge in [0.25, 0.3) is 0 Å². The highest BCUT2D eigenvalue weighted by atomic mass is 16.7. The topological polar surface area (TPSA) is 59.2 Å². The van der Waals surface area contributed by atoms with Crippen molar-refractivity contribution in [3.63, 3.8) is 0 Å². The van der Waals surface area contributed by atoms with Gasteiger partial charge in [-0.25, -0.2) is 0 Å². The Hall–Kier alpha value is -3.05. The maximum Gasteiger partial charge on any atom is 0.231 e. The number of benzene rings is 2. The maximum atomic E-state index is 5.54. The molecule has 0 saturated carbocycles. The predicted molar refractivity (Wildman–Crippen MR) is 104 cm³/mol. The molecule has 134 valence electrons. The molecule has 0 amide bonds. The van der Waals surface area contributed by atoms with E-state index in [2.05, 4.69) is 46.7 Å². The van der Waals surface area contributed by atoms with Crippen LogP contribution in [0.2, 0.25) is 0 Å². The molecule has 4 heterocycles.